The van der Waals surface area contributed by atoms with Gasteiger partial charge >= 0.3 is 5.97 Å². The van der Waals surface area contributed by atoms with E-state index in [9.17, 15) is 13.2 Å². The molecule has 0 amide bonds. The van der Waals surface area contributed by atoms with E-state index < -0.39 is 16.0 Å². The van der Waals surface area contributed by atoms with Gasteiger partial charge < -0.3 is 10.1 Å². The van der Waals surface area contributed by atoms with E-state index in [4.69, 9.17) is 5.11 Å². The molecule has 0 saturated carbocycles. The van der Waals surface area contributed by atoms with Gasteiger partial charge in [-0.15, -0.1) is 0 Å². The Hall–Kier alpha value is -2.12. The summed E-state index contributed by atoms with van der Waals surface area (Å²) in [5, 5.41) is 8.99. The summed E-state index contributed by atoms with van der Waals surface area (Å²) in [6.45, 7) is 4.41. The quantitative estimate of drug-likeness (QED) is 0.889. The second-order valence-corrected chi connectivity index (χ2v) is 8.08. The van der Waals surface area contributed by atoms with Crippen LogP contribution in [0.3, 0.4) is 0 Å². The Morgan fingerprint density at radius 1 is 1.29 bits per heavy atom. The number of aromatic nitrogens is 1. The molecular formula is C17H20N2O4S. The third kappa shape index (κ3) is 2.85. The monoisotopic (exact) mass is 348 g/mol. The number of benzene rings is 1. The SMILES string of the molecule is Cc1ccc(C)c(C2CCCN2S(=O)(=O)c2c[nH]c(C(=O)O)c2)c1. The molecule has 128 valence electrons. The molecule has 1 saturated heterocycles. The summed E-state index contributed by atoms with van der Waals surface area (Å²) in [5.74, 6) is -1.18. The predicted molar refractivity (Wildman–Crippen MR) is 89.5 cm³/mol. The number of carboxylic acid groups (broad SMARTS) is 1. The highest BCUT2D eigenvalue weighted by molar-refractivity contribution is 7.89. The summed E-state index contributed by atoms with van der Waals surface area (Å²) in [7, 11) is -3.74. The molecule has 1 fully saturated rings. The van der Waals surface area contributed by atoms with Crippen LogP contribution in [0.1, 0.15) is 46.1 Å². The molecule has 0 spiro atoms. The van der Waals surface area contributed by atoms with Gasteiger partial charge in [-0.1, -0.05) is 23.8 Å². The van der Waals surface area contributed by atoms with E-state index in [0.717, 1.165) is 29.5 Å². The molecule has 3 rings (SSSR count). The van der Waals surface area contributed by atoms with Gasteiger partial charge in [0.25, 0.3) is 0 Å². The zero-order chi connectivity index (χ0) is 17.5. The molecule has 2 heterocycles. The lowest BCUT2D eigenvalue weighted by Gasteiger charge is -2.25. The van der Waals surface area contributed by atoms with E-state index in [1.807, 2.05) is 32.0 Å². The molecular weight excluding hydrogens is 328 g/mol. The minimum absolute atomic E-state index is 0.00268. The van der Waals surface area contributed by atoms with Gasteiger partial charge in [0.1, 0.15) is 10.6 Å². The maximum Gasteiger partial charge on any atom is 0.352 e. The fourth-order valence-electron chi connectivity index (χ4n) is 3.24. The van der Waals surface area contributed by atoms with Crippen molar-refractivity contribution in [2.75, 3.05) is 6.54 Å². The van der Waals surface area contributed by atoms with Crippen LogP contribution in [0.2, 0.25) is 0 Å². The van der Waals surface area contributed by atoms with Crippen LogP contribution < -0.4 is 0 Å². The number of hydrogen-bond donors (Lipinski definition) is 2. The van der Waals surface area contributed by atoms with Crippen molar-refractivity contribution in [3.05, 3.63) is 52.8 Å². The molecule has 1 unspecified atom stereocenters. The van der Waals surface area contributed by atoms with E-state index in [-0.39, 0.29) is 16.6 Å². The number of nitrogens with zero attached hydrogens (tertiary/aromatic N) is 1. The minimum atomic E-state index is -3.74. The Labute approximate surface area is 141 Å². The Kier molecular flexibility index (Phi) is 4.23. The lowest BCUT2D eigenvalue weighted by Crippen LogP contribution is -2.30. The molecule has 7 heteroatoms. The van der Waals surface area contributed by atoms with Crippen LogP contribution in [0.15, 0.2) is 35.4 Å². The van der Waals surface area contributed by atoms with Crippen LogP contribution in [0.5, 0.6) is 0 Å². The van der Waals surface area contributed by atoms with Crippen LogP contribution in [0, 0.1) is 13.8 Å². The van der Waals surface area contributed by atoms with Crippen LogP contribution in [0.4, 0.5) is 0 Å². The molecule has 1 aliphatic heterocycles. The lowest BCUT2D eigenvalue weighted by molar-refractivity contribution is 0.0691. The van der Waals surface area contributed by atoms with Crippen LogP contribution >= 0.6 is 0 Å². The van der Waals surface area contributed by atoms with Crippen molar-refractivity contribution >= 4 is 16.0 Å². The van der Waals surface area contributed by atoms with Crippen LogP contribution in [0.25, 0.3) is 0 Å². The number of nitrogens with one attached hydrogen (secondary N) is 1. The van der Waals surface area contributed by atoms with E-state index in [1.165, 1.54) is 16.6 Å². The number of rotatable bonds is 4. The van der Waals surface area contributed by atoms with Gasteiger partial charge in [0.05, 0.1) is 6.04 Å². The van der Waals surface area contributed by atoms with Crippen molar-refractivity contribution in [2.45, 2.75) is 37.6 Å². The zero-order valence-corrected chi connectivity index (χ0v) is 14.4. The van der Waals surface area contributed by atoms with Gasteiger partial charge in [-0.05, 0) is 43.9 Å². The molecule has 1 aliphatic rings. The third-order valence-electron chi connectivity index (χ3n) is 4.49. The normalized spacial score (nSPS) is 18.8. The van der Waals surface area contributed by atoms with E-state index >= 15 is 0 Å². The van der Waals surface area contributed by atoms with E-state index in [2.05, 4.69) is 4.98 Å². The summed E-state index contributed by atoms with van der Waals surface area (Å²) in [6.07, 6.45) is 2.80. The van der Waals surface area contributed by atoms with Crippen molar-refractivity contribution in [1.82, 2.24) is 9.29 Å². The number of H-pyrrole nitrogens is 1. The average molecular weight is 348 g/mol. The van der Waals surface area contributed by atoms with Gasteiger partial charge in [-0.25, -0.2) is 13.2 Å². The molecule has 1 aromatic heterocycles. The number of aromatic amines is 1. The molecule has 0 bridgehead atoms. The highest BCUT2D eigenvalue weighted by atomic mass is 32.2. The first kappa shape index (κ1) is 16.7. The van der Waals surface area contributed by atoms with Crippen molar-refractivity contribution in [3.8, 4) is 0 Å². The number of carboxylic acids is 1. The Morgan fingerprint density at radius 2 is 2.04 bits per heavy atom. The largest absolute Gasteiger partial charge is 0.477 e. The standard InChI is InChI=1S/C17H20N2O4S/c1-11-5-6-12(2)14(8-11)16-4-3-7-19(16)24(22,23)13-9-15(17(20)21)18-10-13/h5-6,8-10,16,18H,3-4,7H2,1-2H3,(H,20,21). The smallest absolute Gasteiger partial charge is 0.352 e. The van der Waals surface area contributed by atoms with Crippen molar-refractivity contribution < 1.29 is 18.3 Å². The van der Waals surface area contributed by atoms with Crippen LogP contribution in [-0.2, 0) is 10.0 Å². The summed E-state index contributed by atoms with van der Waals surface area (Å²) in [4.78, 5) is 13.5. The number of sulfonamides is 1. The number of hydrogen-bond acceptors (Lipinski definition) is 3. The second-order valence-electron chi connectivity index (χ2n) is 6.19. The predicted octanol–water partition coefficient (Wildman–Crippen LogP) is 2.86. The highest BCUT2D eigenvalue weighted by Crippen LogP contribution is 2.38. The number of aryl methyl sites for hydroxylation is 2. The fourth-order valence-corrected chi connectivity index (χ4v) is 4.91. The van der Waals surface area contributed by atoms with Crippen molar-refractivity contribution in [3.63, 3.8) is 0 Å². The Morgan fingerprint density at radius 3 is 2.71 bits per heavy atom. The molecule has 0 aliphatic carbocycles. The van der Waals surface area contributed by atoms with Gasteiger partial charge in [-0.3, -0.25) is 0 Å². The first-order chi connectivity index (χ1) is 11.3. The van der Waals surface area contributed by atoms with Crippen LogP contribution in [-0.4, -0.2) is 35.3 Å². The Balaban J connectivity index is 2.00. The van der Waals surface area contributed by atoms with E-state index in [1.54, 1.807) is 0 Å². The summed E-state index contributed by atoms with van der Waals surface area (Å²) in [6, 6.07) is 7.02. The molecule has 0 radical (unpaired) electrons. The lowest BCUT2D eigenvalue weighted by atomic mass is 9.98. The van der Waals surface area contributed by atoms with Gasteiger partial charge in [-0.2, -0.15) is 4.31 Å². The zero-order valence-electron chi connectivity index (χ0n) is 13.6. The molecule has 1 atom stereocenters. The summed E-state index contributed by atoms with van der Waals surface area (Å²) >= 11 is 0. The second kappa shape index (κ2) is 6.07. The van der Waals surface area contributed by atoms with Crippen molar-refractivity contribution in [1.29, 1.82) is 0 Å². The van der Waals surface area contributed by atoms with Gasteiger partial charge in [0, 0.05) is 12.7 Å². The fraction of sp³-hybridized carbons (Fsp3) is 0.353. The molecule has 2 aromatic rings. The average Bonchev–Trinajstić information content (AvgIpc) is 3.18. The maximum absolute atomic E-state index is 13.0. The third-order valence-corrected chi connectivity index (χ3v) is 6.38. The topological polar surface area (TPSA) is 90.5 Å². The first-order valence-electron chi connectivity index (χ1n) is 7.81. The minimum Gasteiger partial charge on any atom is -0.477 e. The molecule has 2 N–H and O–H groups in total. The number of carbonyl (C=O) groups is 1. The molecule has 24 heavy (non-hydrogen) atoms. The number of aromatic carboxylic acids is 1. The maximum atomic E-state index is 13.0. The van der Waals surface area contributed by atoms with Gasteiger partial charge in [0.2, 0.25) is 10.0 Å². The highest BCUT2D eigenvalue weighted by Gasteiger charge is 2.37. The summed E-state index contributed by atoms with van der Waals surface area (Å²) in [5.41, 5.74) is 3.05. The summed E-state index contributed by atoms with van der Waals surface area (Å²) < 4.78 is 27.4. The molecule has 1 aromatic carbocycles. The van der Waals surface area contributed by atoms with E-state index in [0.29, 0.717) is 6.54 Å². The van der Waals surface area contributed by atoms with Gasteiger partial charge in [0.15, 0.2) is 0 Å². The first-order valence-corrected chi connectivity index (χ1v) is 9.25. The molecule has 6 nitrogen and oxygen atoms in total. The Bertz CT molecular complexity index is 886. The van der Waals surface area contributed by atoms with Crippen molar-refractivity contribution in [2.24, 2.45) is 0 Å².